The molecule has 2 aliphatic rings. The summed E-state index contributed by atoms with van der Waals surface area (Å²) in [5, 5.41) is 7.62. The summed E-state index contributed by atoms with van der Waals surface area (Å²) >= 11 is 1.74. The molecule has 0 aliphatic carbocycles. The molecule has 0 radical (unpaired) electrons. The van der Waals surface area contributed by atoms with E-state index in [9.17, 15) is 4.79 Å². The molecule has 132 valence electrons. The molecule has 0 saturated carbocycles. The number of nitrogens with one attached hydrogen (secondary N) is 3. The molecule has 0 saturated heterocycles. The van der Waals surface area contributed by atoms with Gasteiger partial charge in [-0.25, -0.2) is 0 Å². The van der Waals surface area contributed by atoms with Crippen molar-refractivity contribution in [2.24, 2.45) is 0 Å². The summed E-state index contributed by atoms with van der Waals surface area (Å²) in [6.45, 7) is 6.63. The van der Waals surface area contributed by atoms with Crippen LogP contribution in [0.3, 0.4) is 0 Å². The second kappa shape index (κ2) is 6.35. The van der Waals surface area contributed by atoms with E-state index in [0.717, 1.165) is 41.4 Å². The number of amides is 1. The first-order valence-corrected chi connectivity index (χ1v) is 9.59. The van der Waals surface area contributed by atoms with Crippen molar-refractivity contribution in [2.45, 2.75) is 39.0 Å². The predicted molar refractivity (Wildman–Crippen MR) is 99.5 cm³/mol. The largest absolute Gasteiger partial charge is 0.496 e. The highest BCUT2D eigenvalue weighted by Crippen LogP contribution is 2.40. The van der Waals surface area contributed by atoms with Crippen LogP contribution in [0.1, 0.15) is 46.4 Å². The number of hydrogen-bond acceptors (Lipinski definition) is 4. The molecule has 5 nitrogen and oxygen atoms in total. The Balaban J connectivity index is 1.67. The quantitative estimate of drug-likeness (QED) is 0.786. The third-order valence-corrected chi connectivity index (χ3v) is 6.38. The topological polar surface area (TPSA) is 54.8 Å². The highest BCUT2D eigenvalue weighted by molar-refractivity contribution is 7.16. The molecule has 1 unspecified atom stereocenters. The number of fused-ring (bicyclic) bond motifs is 3. The Labute approximate surface area is 152 Å². The van der Waals surface area contributed by atoms with E-state index in [1.165, 1.54) is 10.4 Å². The second-order valence-electron chi connectivity index (χ2n) is 6.99. The smallest absolute Gasteiger partial charge is 0.256 e. The number of carbonyl (C=O) groups is 1. The van der Waals surface area contributed by atoms with Crippen LogP contribution >= 0.6 is 11.3 Å². The Morgan fingerprint density at radius 2 is 2.08 bits per heavy atom. The molecular formula is C19H24N3O2S+. The summed E-state index contributed by atoms with van der Waals surface area (Å²) in [6, 6.07) is 8.41. The third-order valence-electron chi connectivity index (χ3n) is 5.22. The van der Waals surface area contributed by atoms with Crippen LogP contribution in [0, 0.1) is 0 Å². The normalized spacial score (nSPS) is 22.0. The van der Waals surface area contributed by atoms with Crippen molar-refractivity contribution in [3.05, 3.63) is 45.8 Å². The lowest BCUT2D eigenvalue weighted by molar-refractivity contribution is -0.936. The van der Waals surface area contributed by atoms with Crippen LogP contribution in [0.2, 0.25) is 0 Å². The van der Waals surface area contributed by atoms with Crippen molar-refractivity contribution in [3.8, 4) is 5.75 Å². The van der Waals surface area contributed by atoms with Crippen LogP contribution in [-0.2, 0) is 13.0 Å². The van der Waals surface area contributed by atoms with Gasteiger partial charge in [-0.3, -0.25) is 4.79 Å². The van der Waals surface area contributed by atoms with Crippen molar-refractivity contribution >= 4 is 22.2 Å². The lowest BCUT2D eigenvalue weighted by atomic mass is 9.99. The maximum Gasteiger partial charge on any atom is 0.256 e. The molecular weight excluding hydrogens is 334 g/mol. The van der Waals surface area contributed by atoms with Crippen molar-refractivity contribution in [1.29, 1.82) is 0 Å². The number of ether oxygens (including phenoxy) is 1. The maximum absolute atomic E-state index is 12.8. The highest BCUT2D eigenvalue weighted by atomic mass is 32.1. The molecule has 0 spiro atoms. The molecule has 4 rings (SSSR count). The number of rotatable bonds is 3. The first kappa shape index (κ1) is 16.4. The number of carbonyl (C=O) groups excluding carboxylic acids is 1. The first-order valence-electron chi connectivity index (χ1n) is 8.78. The third kappa shape index (κ3) is 2.79. The molecule has 6 heteroatoms. The average Bonchev–Trinajstić information content (AvgIpc) is 2.99. The maximum atomic E-state index is 12.8. The van der Waals surface area contributed by atoms with Gasteiger partial charge < -0.3 is 20.3 Å². The zero-order chi connectivity index (χ0) is 17.6. The van der Waals surface area contributed by atoms with Gasteiger partial charge in [0, 0.05) is 12.0 Å². The van der Waals surface area contributed by atoms with E-state index >= 15 is 0 Å². The lowest BCUT2D eigenvalue weighted by Gasteiger charge is -2.29. The minimum absolute atomic E-state index is 0.0233. The van der Waals surface area contributed by atoms with Crippen molar-refractivity contribution in [3.63, 3.8) is 0 Å². The summed E-state index contributed by atoms with van der Waals surface area (Å²) in [7, 11) is 1.65. The summed E-state index contributed by atoms with van der Waals surface area (Å²) in [5.74, 6) is 0.802. The van der Waals surface area contributed by atoms with Gasteiger partial charge in [-0.05, 0) is 25.5 Å². The molecule has 3 N–H and O–H groups in total. The van der Waals surface area contributed by atoms with Crippen LogP contribution in [0.4, 0.5) is 5.00 Å². The molecule has 1 aromatic carbocycles. The Morgan fingerprint density at radius 1 is 1.28 bits per heavy atom. The molecule has 1 amide bonds. The van der Waals surface area contributed by atoms with Crippen LogP contribution in [0.5, 0.6) is 5.75 Å². The number of thiophene rings is 1. The zero-order valence-electron chi connectivity index (χ0n) is 14.8. The van der Waals surface area contributed by atoms with Gasteiger partial charge in [0.1, 0.15) is 23.5 Å². The van der Waals surface area contributed by atoms with Crippen LogP contribution < -0.4 is 20.3 Å². The highest BCUT2D eigenvalue weighted by Gasteiger charge is 2.35. The van der Waals surface area contributed by atoms with E-state index < -0.39 is 0 Å². The zero-order valence-corrected chi connectivity index (χ0v) is 15.6. The van der Waals surface area contributed by atoms with Gasteiger partial charge in [-0.2, -0.15) is 0 Å². The number of anilines is 1. The summed E-state index contributed by atoms with van der Waals surface area (Å²) in [5.41, 5.74) is 3.05. The fraction of sp³-hybridized carbons (Fsp3) is 0.421. The monoisotopic (exact) mass is 358 g/mol. The number of methoxy groups -OCH3 is 1. The summed E-state index contributed by atoms with van der Waals surface area (Å²) < 4.78 is 5.45. The van der Waals surface area contributed by atoms with Crippen molar-refractivity contribution in [2.75, 3.05) is 19.0 Å². The summed E-state index contributed by atoms with van der Waals surface area (Å²) in [6.07, 6.45) is 0.716. The van der Waals surface area contributed by atoms with Crippen molar-refractivity contribution in [1.82, 2.24) is 5.32 Å². The fourth-order valence-electron chi connectivity index (χ4n) is 3.77. The summed E-state index contributed by atoms with van der Waals surface area (Å²) in [4.78, 5) is 15.8. The molecule has 2 aliphatic heterocycles. The number of hydrogen-bond donors (Lipinski definition) is 3. The SMILES string of the molecule is COc1ccccc1[C@H]1NC(=O)c2c(sc3c2CC[NH+](C(C)C)C3)N1. The lowest BCUT2D eigenvalue weighted by Crippen LogP contribution is -3.14. The van der Waals surface area contributed by atoms with E-state index in [1.807, 2.05) is 24.3 Å². The van der Waals surface area contributed by atoms with E-state index in [-0.39, 0.29) is 12.1 Å². The molecule has 2 atom stereocenters. The van der Waals surface area contributed by atoms with Crippen LogP contribution in [0.15, 0.2) is 24.3 Å². The van der Waals surface area contributed by atoms with E-state index in [0.29, 0.717) is 6.04 Å². The van der Waals surface area contributed by atoms with Gasteiger partial charge in [-0.15, -0.1) is 11.3 Å². The van der Waals surface area contributed by atoms with E-state index in [2.05, 4.69) is 24.5 Å². The fourth-order valence-corrected chi connectivity index (χ4v) is 5.09. The average molecular weight is 358 g/mol. The van der Waals surface area contributed by atoms with Gasteiger partial charge in [0.05, 0.1) is 30.1 Å². The van der Waals surface area contributed by atoms with Crippen LogP contribution in [0.25, 0.3) is 0 Å². The first-order chi connectivity index (χ1) is 12.1. The molecule has 2 aromatic rings. The number of quaternary nitrogens is 1. The van der Waals surface area contributed by atoms with Crippen molar-refractivity contribution < 1.29 is 14.4 Å². The Kier molecular flexibility index (Phi) is 4.17. The molecule has 0 bridgehead atoms. The van der Waals surface area contributed by atoms with Gasteiger partial charge in [0.2, 0.25) is 0 Å². The van der Waals surface area contributed by atoms with Gasteiger partial charge in [0.25, 0.3) is 5.91 Å². The predicted octanol–water partition coefficient (Wildman–Crippen LogP) is 1.96. The number of benzene rings is 1. The molecule has 1 aromatic heterocycles. The second-order valence-corrected chi connectivity index (χ2v) is 8.10. The van der Waals surface area contributed by atoms with E-state index in [4.69, 9.17) is 4.74 Å². The van der Waals surface area contributed by atoms with Gasteiger partial charge in [0.15, 0.2) is 0 Å². The van der Waals surface area contributed by atoms with E-state index in [1.54, 1.807) is 23.3 Å². The minimum Gasteiger partial charge on any atom is -0.496 e. The standard InChI is InChI=1S/C19H23N3O2S/c1-11(2)22-9-8-13-15(10-22)25-19-16(13)18(23)20-17(21-19)12-6-4-5-7-14(12)24-3/h4-7,11,17,21H,8-10H2,1-3H3,(H,20,23)/p+1/t17-/m0/s1. The molecule has 3 heterocycles. The Morgan fingerprint density at radius 3 is 2.84 bits per heavy atom. The minimum atomic E-state index is -0.259. The van der Waals surface area contributed by atoms with Crippen LogP contribution in [-0.4, -0.2) is 25.6 Å². The van der Waals surface area contributed by atoms with Gasteiger partial charge >= 0.3 is 0 Å². The Hall–Kier alpha value is -2.05. The molecule has 0 fully saturated rings. The van der Waals surface area contributed by atoms with Gasteiger partial charge in [-0.1, -0.05) is 18.2 Å². The number of para-hydroxylation sites is 1. The Bertz CT molecular complexity index is 815. The molecule has 25 heavy (non-hydrogen) atoms.